The lowest BCUT2D eigenvalue weighted by Gasteiger charge is -2.31. The van der Waals surface area contributed by atoms with Gasteiger partial charge in [0.1, 0.15) is 0 Å². The zero-order valence-electron chi connectivity index (χ0n) is 10.9. The molecule has 0 amide bonds. The van der Waals surface area contributed by atoms with Crippen LogP contribution in [0.5, 0.6) is 0 Å². The van der Waals surface area contributed by atoms with Gasteiger partial charge in [0.25, 0.3) is 0 Å². The second kappa shape index (κ2) is 5.62. The molecule has 0 heterocycles. The molecular weight excluding hydrogens is 266 g/mol. The van der Waals surface area contributed by atoms with Gasteiger partial charge in [0.05, 0.1) is 20.7 Å². The second-order valence-corrected chi connectivity index (χ2v) is 7.49. The first-order valence-electron chi connectivity index (χ1n) is 6.44. The Balaban J connectivity index is 2.19. The smallest absolute Gasteiger partial charge is 0.0597 e. The molecule has 0 radical (unpaired) electrons. The highest BCUT2D eigenvalue weighted by Gasteiger charge is 2.29. The minimum absolute atomic E-state index is 0.218. The zero-order chi connectivity index (χ0) is 13.3. The molecule has 4 atom stereocenters. The number of halogens is 1. The van der Waals surface area contributed by atoms with Crippen LogP contribution < -0.4 is 5.73 Å². The first kappa shape index (κ1) is 13.9. The molecule has 2 nitrogen and oxygen atoms in total. The molecule has 2 N–H and O–H groups in total. The Bertz CT molecular complexity index is 463. The molecule has 0 spiro atoms. The Labute approximate surface area is 116 Å². The molecule has 1 aromatic rings. The van der Waals surface area contributed by atoms with Crippen LogP contribution in [0.2, 0.25) is 5.02 Å². The molecule has 100 valence electrons. The number of anilines is 1. The van der Waals surface area contributed by atoms with Crippen molar-refractivity contribution in [1.29, 1.82) is 0 Å². The molecule has 1 aliphatic carbocycles. The fourth-order valence-corrected chi connectivity index (χ4v) is 4.59. The van der Waals surface area contributed by atoms with Crippen molar-refractivity contribution in [1.82, 2.24) is 0 Å². The van der Waals surface area contributed by atoms with Crippen LogP contribution >= 0.6 is 11.6 Å². The van der Waals surface area contributed by atoms with Crippen LogP contribution in [0.3, 0.4) is 0 Å². The minimum Gasteiger partial charge on any atom is -0.399 e. The standard InChI is InChI=1S/C14H20ClNOS/c1-9-3-5-12(7-10(9)2)18(17)14-8-11(16)4-6-13(14)15/h4,6,8-10,12H,3,5,7,16H2,1-2H3. The fraction of sp³-hybridized carbons (Fsp3) is 0.571. The molecule has 1 aromatic carbocycles. The summed E-state index contributed by atoms with van der Waals surface area (Å²) in [4.78, 5) is 0.698. The Morgan fingerprint density at radius 3 is 2.67 bits per heavy atom. The Morgan fingerprint density at radius 1 is 1.28 bits per heavy atom. The number of hydrogen-bond donors (Lipinski definition) is 1. The SMILES string of the molecule is CC1CCC(S(=O)c2cc(N)ccc2Cl)CC1C. The van der Waals surface area contributed by atoms with E-state index in [0.29, 0.717) is 21.5 Å². The fourth-order valence-electron chi connectivity index (χ4n) is 2.55. The molecule has 4 heteroatoms. The molecule has 1 aliphatic rings. The number of nitrogen functional groups attached to an aromatic ring is 1. The van der Waals surface area contributed by atoms with Gasteiger partial charge in [-0.05, 0) is 49.3 Å². The summed E-state index contributed by atoms with van der Waals surface area (Å²) in [5.74, 6) is 1.36. The first-order valence-corrected chi connectivity index (χ1v) is 8.03. The van der Waals surface area contributed by atoms with Crippen molar-refractivity contribution in [2.45, 2.75) is 43.3 Å². The van der Waals surface area contributed by atoms with Gasteiger partial charge in [0, 0.05) is 10.9 Å². The summed E-state index contributed by atoms with van der Waals surface area (Å²) in [7, 11) is -1.04. The summed E-state index contributed by atoms with van der Waals surface area (Å²) in [5, 5.41) is 0.782. The number of hydrogen-bond acceptors (Lipinski definition) is 2. The predicted molar refractivity (Wildman–Crippen MR) is 78.2 cm³/mol. The molecule has 18 heavy (non-hydrogen) atoms. The Hall–Kier alpha value is -0.540. The van der Waals surface area contributed by atoms with E-state index in [4.69, 9.17) is 17.3 Å². The summed E-state index contributed by atoms with van der Waals surface area (Å²) in [6, 6.07) is 5.23. The third-order valence-electron chi connectivity index (χ3n) is 4.02. The molecule has 1 fully saturated rings. The number of benzene rings is 1. The predicted octanol–water partition coefficient (Wildman–Crippen LogP) is 3.85. The number of nitrogens with two attached hydrogens (primary N) is 1. The minimum atomic E-state index is -1.04. The van der Waals surface area contributed by atoms with E-state index in [1.165, 1.54) is 0 Å². The van der Waals surface area contributed by atoms with Gasteiger partial charge in [-0.3, -0.25) is 4.21 Å². The largest absolute Gasteiger partial charge is 0.399 e. The Kier molecular flexibility index (Phi) is 4.33. The summed E-state index contributed by atoms with van der Waals surface area (Å²) >= 11 is 6.13. The average molecular weight is 286 g/mol. The summed E-state index contributed by atoms with van der Waals surface area (Å²) in [6.45, 7) is 4.52. The average Bonchev–Trinajstić information content (AvgIpc) is 2.35. The summed E-state index contributed by atoms with van der Waals surface area (Å²) in [5.41, 5.74) is 6.38. The first-order chi connectivity index (χ1) is 8.49. The van der Waals surface area contributed by atoms with Gasteiger partial charge >= 0.3 is 0 Å². The van der Waals surface area contributed by atoms with Gasteiger partial charge in [-0.15, -0.1) is 0 Å². The molecule has 2 rings (SSSR count). The van der Waals surface area contributed by atoms with Crippen LogP contribution in [-0.4, -0.2) is 9.46 Å². The lowest BCUT2D eigenvalue weighted by Crippen LogP contribution is -2.28. The van der Waals surface area contributed by atoms with Crippen molar-refractivity contribution >= 4 is 28.1 Å². The molecular formula is C14H20ClNOS. The van der Waals surface area contributed by atoms with Gasteiger partial charge in [-0.2, -0.15) is 0 Å². The van der Waals surface area contributed by atoms with Gasteiger partial charge < -0.3 is 5.73 Å². The molecule has 4 unspecified atom stereocenters. The third-order valence-corrected chi connectivity index (χ3v) is 6.27. The van der Waals surface area contributed by atoms with Crippen molar-refractivity contribution in [2.75, 3.05) is 5.73 Å². The van der Waals surface area contributed by atoms with Crippen molar-refractivity contribution in [3.05, 3.63) is 23.2 Å². The lowest BCUT2D eigenvalue weighted by atomic mass is 9.81. The molecule has 1 saturated carbocycles. The van der Waals surface area contributed by atoms with E-state index in [2.05, 4.69) is 13.8 Å². The maximum atomic E-state index is 12.6. The molecule has 0 saturated heterocycles. The molecule has 0 aliphatic heterocycles. The Morgan fingerprint density at radius 2 is 2.00 bits per heavy atom. The van der Waals surface area contributed by atoms with Crippen molar-refractivity contribution in [3.8, 4) is 0 Å². The van der Waals surface area contributed by atoms with Crippen LogP contribution in [0, 0.1) is 11.8 Å². The topological polar surface area (TPSA) is 43.1 Å². The lowest BCUT2D eigenvalue weighted by molar-refractivity contribution is 0.281. The highest BCUT2D eigenvalue weighted by Crippen LogP contribution is 2.35. The molecule has 0 bridgehead atoms. The van der Waals surface area contributed by atoms with Crippen molar-refractivity contribution < 1.29 is 4.21 Å². The van der Waals surface area contributed by atoms with Crippen LogP contribution in [0.25, 0.3) is 0 Å². The van der Waals surface area contributed by atoms with E-state index in [1.54, 1.807) is 18.2 Å². The maximum absolute atomic E-state index is 12.6. The van der Waals surface area contributed by atoms with Gasteiger partial charge in [0.2, 0.25) is 0 Å². The van der Waals surface area contributed by atoms with Crippen molar-refractivity contribution in [2.24, 2.45) is 11.8 Å². The van der Waals surface area contributed by atoms with Crippen molar-refractivity contribution in [3.63, 3.8) is 0 Å². The highest BCUT2D eigenvalue weighted by molar-refractivity contribution is 7.85. The van der Waals surface area contributed by atoms with Crippen LogP contribution in [0.4, 0.5) is 5.69 Å². The van der Waals surface area contributed by atoms with E-state index in [-0.39, 0.29) is 5.25 Å². The van der Waals surface area contributed by atoms with E-state index in [0.717, 1.165) is 25.2 Å². The number of rotatable bonds is 2. The van der Waals surface area contributed by atoms with Gasteiger partial charge in [0.15, 0.2) is 0 Å². The quantitative estimate of drug-likeness (QED) is 0.839. The summed E-state index contributed by atoms with van der Waals surface area (Å²) < 4.78 is 12.6. The third kappa shape index (κ3) is 2.89. The van der Waals surface area contributed by atoms with E-state index >= 15 is 0 Å². The second-order valence-electron chi connectivity index (χ2n) is 5.38. The highest BCUT2D eigenvalue weighted by atomic mass is 35.5. The zero-order valence-corrected chi connectivity index (χ0v) is 12.4. The normalized spacial score (nSPS) is 30.1. The van der Waals surface area contributed by atoms with Crippen LogP contribution in [-0.2, 0) is 10.8 Å². The summed E-state index contributed by atoms with van der Waals surface area (Å²) in [6.07, 6.45) is 3.18. The van der Waals surface area contributed by atoms with Crippen LogP contribution in [0.1, 0.15) is 33.1 Å². The van der Waals surface area contributed by atoms with E-state index in [1.807, 2.05) is 0 Å². The molecule has 0 aromatic heterocycles. The van der Waals surface area contributed by atoms with E-state index in [9.17, 15) is 4.21 Å². The monoisotopic (exact) mass is 285 g/mol. The maximum Gasteiger partial charge on any atom is 0.0597 e. The van der Waals surface area contributed by atoms with E-state index < -0.39 is 10.8 Å². The van der Waals surface area contributed by atoms with Gasteiger partial charge in [-0.25, -0.2) is 0 Å². The van der Waals surface area contributed by atoms with Crippen LogP contribution in [0.15, 0.2) is 23.1 Å². The van der Waals surface area contributed by atoms with Gasteiger partial charge in [-0.1, -0.05) is 25.4 Å².